The Labute approximate surface area is 112 Å². The average molecular weight is 261 g/mol. The molecule has 0 aliphatic heterocycles. The lowest BCUT2D eigenvalue weighted by Gasteiger charge is -2.17. The largest absolute Gasteiger partial charge is 0.391 e. The summed E-state index contributed by atoms with van der Waals surface area (Å²) < 4.78 is 1.73. The van der Waals surface area contributed by atoms with Crippen molar-refractivity contribution in [1.82, 2.24) is 14.7 Å². The summed E-state index contributed by atoms with van der Waals surface area (Å²) in [4.78, 5) is 16.2. The number of aliphatic hydroxyl groups excluding tert-OH is 1. The first-order chi connectivity index (χ1) is 9.13. The molecule has 0 bridgehead atoms. The Morgan fingerprint density at radius 1 is 1.53 bits per heavy atom. The summed E-state index contributed by atoms with van der Waals surface area (Å²) in [5.41, 5.74) is 1.21. The van der Waals surface area contributed by atoms with Gasteiger partial charge in [0.25, 0.3) is 5.91 Å². The first-order valence-electron chi connectivity index (χ1n) is 6.51. The normalized spacial score (nSPS) is 14.3. The molecule has 2 N–H and O–H groups in total. The molecule has 1 amide bonds. The maximum atomic E-state index is 12.1. The number of carbonyl (C=O) groups excluding carboxylic acids is 1. The summed E-state index contributed by atoms with van der Waals surface area (Å²) >= 11 is 0. The van der Waals surface area contributed by atoms with Gasteiger partial charge in [-0.25, -0.2) is 4.98 Å². The maximum absolute atomic E-state index is 12.1. The quantitative estimate of drug-likeness (QED) is 0.856. The molecule has 19 heavy (non-hydrogen) atoms. The minimum Gasteiger partial charge on any atom is -0.391 e. The Hall–Kier alpha value is -1.88. The second-order valence-electron chi connectivity index (χ2n) is 4.74. The smallest absolute Gasteiger partial charge is 0.270 e. The molecule has 2 atom stereocenters. The number of aliphatic hydroxyl groups is 1. The van der Waals surface area contributed by atoms with Gasteiger partial charge in [-0.15, -0.1) is 0 Å². The van der Waals surface area contributed by atoms with Crippen LogP contribution >= 0.6 is 0 Å². The number of hydrogen-bond donors (Lipinski definition) is 2. The van der Waals surface area contributed by atoms with E-state index in [2.05, 4.69) is 10.3 Å². The fourth-order valence-electron chi connectivity index (χ4n) is 1.86. The third-order valence-corrected chi connectivity index (χ3v) is 3.42. The molecule has 5 nitrogen and oxygen atoms in total. The van der Waals surface area contributed by atoms with Crippen molar-refractivity contribution in [2.24, 2.45) is 5.92 Å². The van der Waals surface area contributed by atoms with Gasteiger partial charge in [-0.2, -0.15) is 0 Å². The van der Waals surface area contributed by atoms with Crippen molar-refractivity contribution in [1.29, 1.82) is 0 Å². The Morgan fingerprint density at radius 2 is 2.32 bits per heavy atom. The van der Waals surface area contributed by atoms with E-state index in [0.717, 1.165) is 12.1 Å². The van der Waals surface area contributed by atoms with Gasteiger partial charge in [0.05, 0.1) is 12.3 Å². The van der Waals surface area contributed by atoms with E-state index in [9.17, 15) is 9.90 Å². The van der Waals surface area contributed by atoms with Crippen LogP contribution in [0.1, 0.15) is 30.8 Å². The van der Waals surface area contributed by atoms with E-state index < -0.39 is 6.10 Å². The van der Waals surface area contributed by atoms with Gasteiger partial charge in [-0.05, 0) is 18.1 Å². The summed E-state index contributed by atoms with van der Waals surface area (Å²) in [6, 6.07) is 5.56. The van der Waals surface area contributed by atoms with Crippen LogP contribution in [0.3, 0.4) is 0 Å². The van der Waals surface area contributed by atoms with Crippen LogP contribution < -0.4 is 5.32 Å². The van der Waals surface area contributed by atoms with Gasteiger partial charge in [0.1, 0.15) is 11.3 Å². The van der Waals surface area contributed by atoms with Crippen molar-refractivity contribution in [2.75, 3.05) is 6.54 Å². The molecule has 2 aromatic heterocycles. The highest BCUT2D eigenvalue weighted by Gasteiger charge is 2.16. The molecule has 2 unspecified atom stereocenters. The number of rotatable bonds is 5. The SMILES string of the molecule is CCC(C)C(O)CNC(=O)c1cnc2ccccn12. The first kappa shape index (κ1) is 13.5. The van der Waals surface area contributed by atoms with Crippen molar-refractivity contribution in [3.63, 3.8) is 0 Å². The van der Waals surface area contributed by atoms with Crippen LogP contribution in [0.15, 0.2) is 30.6 Å². The van der Waals surface area contributed by atoms with Crippen LogP contribution in [0.4, 0.5) is 0 Å². The van der Waals surface area contributed by atoms with E-state index in [1.807, 2.05) is 32.0 Å². The summed E-state index contributed by atoms with van der Waals surface area (Å²) in [7, 11) is 0. The third-order valence-electron chi connectivity index (χ3n) is 3.42. The topological polar surface area (TPSA) is 66.6 Å². The Balaban J connectivity index is 2.04. The molecule has 0 saturated carbocycles. The molecule has 0 aliphatic carbocycles. The molecule has 102 valence electrons. The number of hydrogen-bond acceptors (Lipinski definition) is 3. The van der Waals surface area contributed by atoms with E-state index in [-0.39, 0.29) is 18.4 Å². The predicted molar refractivity (Wildman–Crippen MR) is 73.0 cm³/mol. The zero-order valence-electron chi connectivity index (χ0n) is 11.2. The van der Waals surface area contributed by atoms with Crippen molar-refractivity contribution in [3.05, 3.63) is 36.3 Å². The van der Waals surface area contributed by atoms with Gasteiger partial charge in [0.15, 0.2) is 0 Å². The van der Waals surface area contributed by atoms with Crippen LogP contribution in [0.25, 0.3) is 5.65 Å². The lowest BCUT2D eigenvalue weighted by atomic mass is 10.0. The lowest BCUT2D eigenvalue weighted by Crippen LogP contribution is -2.35. The number of aromatic nitrogens is 2. The molecule has 0 aliphatic rings. The monoisotopic (exact) mass is 261 g/mol. The highest BCUT2D eigenvalue weighted by atomic mass is 16.3. The molecule has 2 rings (SSSR count). The van der Waals surface area contributed by atoms with E-state index in [4.69, 9.17) is 0 Å². The molecule has 5 heteroatoms. The van der Waals surface area contributed by atoms with Crippen LogP contribution in [-0.4, -0.2) is 33.0 Å². The van der Waals surface area contributed by atoms with Crippen molar-refractivity contribution < 1.29 is 9.90 Å². The summed E-state index contributed by atoms with van der Waals surface area (Å²) in [5, 5.41) is 12.6. The van der Waals surface area contributed by atoms with E-state index in [0.29, 0.717) is 5.69 Å². The predicted octanol–water partition coefficient (Wildman–Crippen LogP) is 1.47. The van der Waals surface area contributed by atoms with Gasteiger partial charge in [0.2, 0.25) is 0 Å². The van der Waals surface area contributed by atoms with E-state index in [1.54, 1.807) is 16.8 Å². The lowest BCUT2D eigenvalue weighted by molar-refractivity contribution is 0.0845. The third kappa shape index (κ3) is 2.93. The molecule has 2 aromatic rings. The van der Waals surface area contributed by atoms with Crippen molar-refractivity contribution >= 4 is 11.6 Å². The van der Waals surface area contributed by atoms with Crippen LogP contribution in [0.5, 0.6) is 0 Å². The number of nitrogens with one attached hydrogen (secondary N) is 1. The fourth-order valence-corrected chi connectivity index (χ4v) is 1.86. The van der Waals surface area contributed by atoms with Crippen LogP contribution in [0, 0.1) is 5.92 Å². The minimum atomic E-state index is -0.520. The van der Waals surface area contributed by atoms with Crippen LogP contribution in [-0.2, 0) is 0 Å². The summed E-state index contributed by atoms with van der Waals surface area (Å²) in [5.74, 6) is -0.0523. The number of fused-ring (bicyclic) bond motifs is 1. The molecular weight excluding hydrogens is 242 g/mol. The maximum Gasteiger partial charge on any atom is 0.270 e. The molecule has 2 heterocycles. The standard InChI is InChI=1S/C14H19N3O2/c1-3-10(2)12(18)9-16-14(19)11-8-15-13-6-4-5-7-17(11)13/h4-8,10,12,18H,3,9H2,1-2H3,(H,16,19). The Bertz CT molecular complexity index is 565. The van der Waals surface area contributed by atoms with Crippen molar-refractivity contribution in [2.45, 2.75) is 26.4 Å². The van der Waals surface area contributed by atoms with Gasteiger partial charge in [0, 0.05) is 12.7 Å². The summed E-state index contributed by atoms with van der Waals surface area (Å²) in [6.45, 7) is 4.24. The molecule has 0 fully saturated rings. The average Bonchev–Trinajstić information content (AvgIpc) is 2.87. The molecular formula is C14H19N3O2. The van der Waals surface area contributed by atoms with Gasteiger partial charge >= 0.3 is 0 Å². The Morgan fingerprint density at radius 3 is 3.05 bits per heavy atom. The number of amides is 1. The van der Waals surface area contributed by atoms with E-state index >= 15 is 0 Å². The van der Waals surface area contributed by atoms with Gasteiger partial charge < -0.3 is 10.4 Å². The number of nitrogens with zero attached hydrogens (tertiary/aromatic N) is 2. The zero-order chi connectivity index (χ0) is 13.8. The minimum absolute atomic E-state index is 0.169. The number of imidazole rings is 1. The second-order valence-corrected chi connectivity index (χ2v) is 4.74. The van der Waals surface area contributed by atoms with E-state index in [1.165, 1.54) is 0 Å². The van der Waals surface area contributed by atoms with Crippen molar-refractivity contribution in [3.8, 4) is 0 Å². The van der Waals surface area contributed by atoms with Crippen LogP contribution in [0.2, 0.25) is 0 Å². The second kappa shape index (κ2) is 5.84. The molecule has 0 saturated heterocycles. The zero-order valence-corrected chi connectivity index (χ0v) is 11.2. The molecule has 0 spiro atoms. The number of pyridine rings is 1. The fraction of sp³-hybridized carbons (Fsp3) is 0.429. The summed E-state index contributed by atoms with van der Waals surface area (Å²) in [6.07, 6.45) is 3.70. The van der Waals surface area contributed by atoms with Gasteiger partial charge in [-0.3, -0.25) is 9.20 Å². The first-order valence-corrected chi connectivity index (χ1v) is 6.51. The number of carbonyl (C=O) groups is 1. The Kier molecular flexibility index (Phi) is 4.16. The highest BCUT2D eigenvalue weighted by Crippen LogP contribution is 2.08. The van der Waals surface area contributed by atoms with Gasteiger partial charge in [-0.1, -0.05) is 26.3 Å². The highest BCUT2D eigenvalue weighted by molar-refractivity contribution is 5.93. The molecule has 0 aromatic carbocycles. The molecule has 0 radical (unpaired) electrons.